The summed E-state index contributed by atoms with van der Waals surface area (Å²) >= 11 is 0. The number of carbonyl (C=O) groups excluding carboxylic acids is 2. The van der Waals surface area contributed by atoms with E-state index in [2.05, 4.69) is 20.9 Å². The number of aromatic nitrogens is 1. The van der Waals surface area contributed by atoms with Gasteiger partial charge in [-0.25, -0.2) is 0 Å². The van der Waals surface area contributed by atoms with Crippen LogP contribution in [-0.2, 0) is 4.79 Å². The standard InChI is InChI=1S/C18H20N4O2.2ClH/c23-17(13-6-9-19-10-7-13)21-15-4-1-5-16(11-15)22-18(24)14-3-2-8-20-12-14;;/h1,4-7,9-11,14,20H,2-3,8,12H2,(H,21,23)(H,22,24);2*1H. The van der Waals surface area contributed by atoms with Gasteiger partial charge in [0.25, 0.3) is 5.91 Å². The van der Waals surface area contributed by atoms with Gasteiger partial charge in [0.2, 0.25) is 5.91 Å². The van der Waals surface area contributed by atoms with Crippen molar-refractivity contribution in [2.45, 2.75) is 12.8 Å². The van der Waals surface area contributed by atoms with Crippen LogP contribution in [0.1, 0.15) is 23.2 Å². The number of nitrogens with one attached hydrogen (secondary N) is 3. The van der Waals surface area contributed by atoms with Crippen LogP contribution in [0.5, 0.6) is 0 Å². The van der Waals surface area contributed by atoms with E-state index >= 15 is 0 Å². The van der Waals surface area contributed by atoms with E-state index in [-0.39, 0.29) is 42.5 Å². The van der Waals surface area contributed by atoms with Crippen LogP contribution in [0.15, 0.2) is 48.8 Å². The zero-order chi connectivity index (χ0) is 16.8. The molecule has 0 spiro atoms. The van der Waals surface area contributed by atoms with E-state index in [9.17, 15) is 9.59 Å². The van der Waals surface area contributed by atoms with Gasteiger partial charge in [0.05, 0.1) is 5.92 Å². The first kappa shape index (κ1) is 21.9. The smallest absolute Gasteiger partial charge is 0.255 e. The molecule has 1 aliphatic rings. The fourth-order valence-corrected chi connectivity index (χ4v) is 2.70. The highest BCUT2D eigenvalue weighted by Gasteiger charge is 2.20. The molecule has 140 valence electrons. The lowest BCUT2D eigenvalue weighted by molar-refractivity contribution is -0.120. The Hall–Kier alpha value is -2.15. The van der Waals surface area contributed by atoms with Crippen molar-refractivity contribution in [2.75, 3.05) is 23.7 Å². The van der Waals surface area contributed by atoms with E-state index in [0.717, 1.165) is 19.4 Å². The first-order valence-corrected chi connectivity index (χ1v) is 8.05. The predicted molar refractivity (Wildman–Crippen MR) is 107 cm³/mol. The molecular weight excluding hydrogens is 375 g/mol. The van der Waals surface area contributed by atoms with Crippen LogP contribution in [0.3, 0.4) is 0 Å². The Kier molecular flexibility index (Phi) is 9.05. The van der Waals surface area contributed by atoms with Crippen LogP contribution in [0, 0.1) is 5.92 Å². The zero-order valence-electron chi connectivity index (χ0n) is 14.1. The molecule has 1 fully saturated rings. The Morgan fingerprint density at radius 1 is 1.04 bits per heavy atom. The maximum Gasteiger partial charge on any atom is 0.255 e. The topological polar surface area (TPSA) is 83.1 Å². The Balaban J connectivity index is 0.00000169. The molecule has 8 heteroatoms. The Bertz CT molecular complexity index is 722. The Morgan fingerprint density at radius 2 is 1.73 bits per heavy atom. The van der Waals surface area contributed by atoms with Crippen molar-refractivity contribution in [3.63, 3.8) is 0 Å². The van der Waals surface area contributed by atoms with Gasteiger partial charge >= 0.3 is 0 Å². The molecule has 1 unspecified atom stereocenters. The summed E-state index contributed by atoms with van der Waals surface area (Å²) in [7, 11) is 0. The van der Waals surface area contributed by atoms with Crippen LogP contribution in [0.4, 0.5) is 11.4 Å². The molecule has 1 aromatic heterocycles. The highest BCUT2D eigenvalue weighted by Crippen LogP contribution is 2.18. The van der Waals surface area contributed by atoms with Crippen molar-refractivity contribution in [1.82, 2.24) is 10.3 Å². The summed E-state index contributed by atoms with van der Waals surface area (Å²) in [4.78, 5) is 28.3. The highest BCUT2D eigenvalue weighted by molar-refractivity contribution is 6.04. The monoisotopic (exact) mass is 396 g/mol. The maximum absolute atomic E-state index is 12.3. The average Bonchev–Trinajstić information content (AvgIpc) is 2.63. The Labute approximate surface area is 165 Å². The number of nitrogens with zero attached hydrogens (tertiary/aromatic N) is 1. The quantitative estimate of drug-likeness (QED) is 0.741. The molecule has 0 aliphatic carbocycles. The predicted octanol–water partition coefficient (Wildman–Crippen LogP) is 3.12. The highest BCUT2D eigenvalue weighted by atomic mass is 35.5. The SMILES string of the molecule is Cl.Cl.O=C(Nc1cccc(NC(=O)C2CCCNC2)c1)c1ccncc1. The number of piperidine rings is 1. The zero-order valence-corrected chi connectivity index (χ0v) is 15.7. The molecule has 2 aromatic rings. The minimum atomic E-state index is -0.211. The normalized spacial score (nSPS) is 15.8. The number of hydrogen-bond acceptors (Lipinski definition) is 4. The molecule has 1 aromatic carbocycles. The molecule has 1 atom stereocenters. The number of anilines is 2. The third-order valence-electron chi connectivity index (χ3n) is 4.00. The van der Waals surface area contributed by atoms with Gasteiger partial charge in [0.1, 0.15) is 0 Å². The summed E-state index contributed by atoms with van der Waals surface area (Å²) < 4.78 is 0. The van der Waals surface area contributed by atoms with E-state index in [1.807, 2.05) is 6.07 Å². The minimum Gasteiger partial charge on any atom is -0.326 e. The van der Waals surface area contributed by atoms with Crippen molar-refractivity contribution in [2.24, 2.45) is 5.92 Å². The van der Waals surface area contributed by atoms with Crippen LogP contribution in [0.2, 0.25) is 0 Å². The Morgan fingerprint density at radius 3 is 2.38 bits per heavy atom. The van der Waals surface area contributed by atoms with Gasteiger partial charge in [-0.05, 0) is 49.7 Å². The second-order valence-electron chi connectivity index (χ2n) is 5.80. The summed E-state index contributed by atoms with van der Waals surface area (Å²) in [5, 5.41) is 8.98. The molecule has 6 nitrogen and oxygen atoms in total. The van der Waals surface area contributed by atoms with Gasteiger partial charge in [0, 0.05) is 35.9 Å². The number of amides is 2. The fourth-order valence-electron chi connectivity index (χ4n) is 2.70. The van der Waals surface area contributed by atoms with Gasteiger partial charge in [-0.1, -0.05) is 6.07 Å². The molecule has 1 saturated heterocycles. The number of benzene rings is 1. The van der Waals surface area contributed by atoms with Crippen molar-refractivity contribution in [1.29, 1.82) is 0 Å². The van der Waals surface area contributed by atoms with Crippen LogP contribution in [0.25, 0.3) is 0 Å². The lowest BCUT2D eigenvalue weighted by Gasteiger charge is -2.22. The average molecular weight is 397 g/mol. The molecule has 26 heavy (non-hydrogen) atoms. The largest absolute Gasteiger partial charge is 0.326 e. The minimum absolute atomic E-state index is 0. The van der Waals surface area contributed by atoms with E-state index < -0.39 is 0 Å². The molecule has 2 heterocycles. The van der Waals surface area contributed by atoms with E-state index in [1.165, 1.54) is 0 Å². The van der Waals surface area contributed by atoms with Crippen molar-refractivity contribution in [3.8, 4) is 0 Å². The van der Waals surface area contributed by atoms with E-state index in [4.69, 9.17) is 0 Å². The van der Waals surface area contributed by atoms with Crippen LogP contribution >= 0.6 is 24.8 Å². The molecule has 3 N–H and O–H groups in total. The number of pyridine rings is 1. The third kappa shape index (κ3) is 5.98. The third-order valence-corrected chi connectivity index (χ3v) is 4.00. The molecule has 3 rings (SSSR count). The molecule has 0 saturated carbocycles. The maximum atomic E-state index is 12.3. The molecular formula is C18H22Cl2N4O2. The number of rotatable bonds is 4. The van der Waals surface area contributed by atoms with E-state index in [1.54, 1.807) is 42.7 Å². The summed E-state index contributed by atoms with van der Waals surface area (Å²) in [5.74, 6) is -0.203. The summed E-state index contributed by atoms with van der Waals surface area (Å²) in [6.45, 7) is 1.69. The molecule has 2 amide bonds. The second kappa shape index (κ2) is 10.8. The first-order chi connectivity index (χ1) is 11.7. The molecule has 0 bridgehead atoms. The fraction of sp³-hybridized carbons (Fsp3) is 0.278. The van der Waals surface area contributed by atoms with Gasteiger partial charge in [-0.3, -0.25) is 14.6 Å². The summed E-state index contributed by atoms with van der Waals surface area (Å²) in [6.07, 6.45) is 5.06. The van der Waals surface area contributed by atoms with Gasteiger partial charge in [0.15, 0.2) is 0 Å². The van der Waals surface area contributed by atoms with Crippen LogP contribution < -0.4 is 16.0 Å². The van der Waals surface area contributed by atoms with Gasteiger partial charge in [-0.2, -0.15) is 0 Å². The van der Waals surface area contributed by atoms with Gasteiger partial charge in [-0.15, -0.1) is 24.8 Å². The second-order valence-corrected chi connectivity index (χ2v) is 5.80. The first-order valence-electron chi connectivity index (χ1n) is 8.05. The van der Waals surface area contributed by atoms with Crippen molar-refractivity contribution in [3.05, 3.63) is 54.4 Å². The lowest BCUT2D eigenvalue weighted by Crippen LogP contribution is -2.37. The van der Waals surface area contributed by atoms with Crippen molar-refractivity contribution < 1.29 is 9.59 Å². The molecule has 0 radical (unpaired) electrons. The van der Waals surface area contributed by atoms with E-state index in [0.29, 0.717) is 23.5 Å². The molecule has 1 aliphatic heterocycles. The van der Waals surface area contributed by atoms with Gasteiger partial charge < -0.3 is 16.0 Å². The number of hydrogen-bond donors (Lipinski definition) is 3. The number of halogens is 2. The number of carbonyl (C=O) groups is 2. The lowest BCUT2D eigenvalue weighted by atomic mass is 9.99. The van der Waals surface area contributed by atoms with Crippen molar-refractivity contribution >= 4 is 48.0 Å². The van der Waals surface area contributed by atoms with Crippen LogP contribution in [-0.4, -0.2) is 29.9 Å². The summed E-state index contributed by atoms with van der Waals surface area (Å²) in [5.41, 5.74) is 1.85. The summed E-state index contributed by atoms with van der Waals surface area (Å²) in [6, 6.07) is 10.5.